The van der Waals surface area contributed by atoms with Crippen LogP contribution >= 0.6 is 0 Å². The molecule has 0 aromatic heterocycles. The molecule has 3 rings (SSSR count). The van der Waals surface area contributed by atoms with Gasteiger partial charge in [-0.2, -0.15) is 0 Å². The minimum absolute atomic E-state index is 0.0199. The molecule has 0 radical (unpaired) electrons. The number of likely N-dealkylation sites (tertiary alicyclic amines) is 1. The minimum atomic E-state index is -0.544. The lowest BCUT2D eigenvalue weighted by molar-refractivity contribution is -0.150. The zero-order chi connectivity index (χ0) is 39.4. The van der Waals surface area contributed by atoms with E-state index in [2.05, 4.69) is 51.8 Å². The van der Waals surface area contributed by atoms with Gasteiger partial charge >= 0.3 is 0 Å². The number of methoxy groups -OCH3 is 2. The lowest BCUT2D eigenvalue weighted by Crippen LogP contribution is -2.55. The van der Waals surface area contributed by atoms with E-state index < -0.39 is 18.1 Å². The molecule has 2 saturated heterocycles. The Morgan fingerprint density at radius 2 is 1.53 bits per heavy atom. The van der Waals surface area contributed by atoms with Gasteiger partial charge in [0.2, 0.25) is 17.7 Å². The van der Waals surface area contributed by atoms with Gasteiger partial charge in [-0.3, -0.25) is 19.2 Å². The molecule has 0 unspecified atom stereocenters. The summed E-state index contributed by atoms with van der Waals surface area (Å²) in [5.41, 5.74) is 1.24. The number of amides is 3. The van der Waals surface area contributed by atoms with E-state index in [1.54, 1.807) is 19.1 Å². The van der Waals surface area contributed by atoms with E-state index in [1.807, 2.05) is 55.8 Å². The number of ketones is 1. The van der Waals surface area contributed by atoms with Crippen LogP contribution in [0.1, 0.15) is 99.0 Å². The van der Waals surface area contributed by atoms with Crippen LogP contribution in [0.4, 0.5) is 0 Å². The number of piperazine rings is 1. The van der Waals surface area contributed by atoms with E-state index in [0.717, 1.165) is 45.2 Å². The van der Waals surface area contributed by atoms with Crippen molar-refractivity contribution in [2.75, 3.05) is 54.5 Å². The zero-order valence-corrected chi connectivity index (χ0v) is 34.9. The van der Waals surface area contributed by atoms with Gasteiger partial charge in [-0.1, -0.05) is 84.7 Å². The number of carbonyl (C=O) groups excluding carboxylic acids is 4. The van der Waals surface area contributed by atoms with Gasteiger partial charge in [0, 0.05) is 78.2 Å². The zero-order valence-electron chi connectivity index (χ0n) is 34.9. The third-order valence-electron chi connectivity index (χ3n) is 12.5. The van der Waals surface area contributed by atoms with Gasteiger partial charge in [0.05, 0.1) is 30.7 Å². The van der Waals surface area contributed by atoms with E-state index in [0.29, 0.717) is 19.5 Å². The second-order valence-corrected chi connectivity index (χ2v) is 16.5. The average Bonchev–Trinajstić information content (AvgIpc) is 3.62. The second kappa shape index (κ2) is 21.3. The van der Waals surface area contributed by atoms with Crippen molar-refractivity contribution in [3.8, 4) is 0 Å². The fourth-order valence-electron chi connectivity index (χ4n) is 8.80. The van der Waals surface area contributed by atoms with Crippen molar-refractivity contribution < 1.29 is 28.7 Å². The molecular weight excluding hydrogens is 668 g/mol. The van der Waals surface area contributed by atoms with Crippen molar-refractivity contribution in [2.24, 2.45) is 29.6 Å². The monoisotopic (exact) mass is 741 g/mol. The van der Waals surface area contributed by atoms with Crippen molar-refractivity contribution in [3.05, 3.63) is 35.9 Å². The Hall–Kier alpha value is -2.82. The molecule has 2 fully saturated rings. The lowest BCUT2D eigenvalue weighted by atomic mass is 9.84. The fourth-order valence-corrected chi connectivity index (χ4v) is 8.80. The molecule has 10 nitrogen and oxygen atoms in total. The number of hydrogen-bond donors (Lipinski definition) is 0. The number of carbonyl (C=O) groups is 4. The lowest BCUT2D eigenvalue weighted by Gasteiger charge is -2.41. The van der Waals surface area contributed by atoms with Crippen molar-refractivity contribution in [3.63, 3.8) is 0 Å². The van der Waals surface area contributed by atoms with Crippen molar-refractivity contribution in [1.29, 1.82) is 0 Å². The molecule has 300 valence electrons. The summed E-state index contributed by atoms with van der Waals surface area (Å²) in [7, 11) is 7.14. The first-order valence-corrected chi connectivity index (χ1v) is 20.3. The van der Waals surface area contributed by atoms with Gasteiger partial charge in [-0.25, -0.2) is 0 Å². The third-order valence-corrected chi connectivity index (χ3v) is 12.5. The summed E-state index contributed by atoms with van der Waals surface area (Å²) in [5, 5.41) is 0. The highest BCUT2D eigenvalue weighted by molar-refractivity contribution is 5.86. The fraction of sp³-hybridized carbons (Fsp3) is 0.767. The topological polar surface area (TPSA) is 99.7 Å². The van der Waals surface area contributed by atoms with Crippen molar-refractivity contribution >= 4 is 23.5 Å². The van der Waals surface area contributed by atoms with Gasteiger partial charge in [0.1, 0.15) is 5.78 Å². The summed E-state index contributed by atoms with van der Waals surface area (Å²) in [6, 6.07) is 9.83. The first-order chi connectivity index (χ1) is 25.2. The maximum absolute atomic E-state index is 14.3. The molecule has 1 aromatic rings. The second-order valence-electron chi connectivity index (χ2n) is 16.5. The Morgan fingerprint density at radius 3 is 2.09 bits per heavy atom. The van der Waals surface area contributed by atoms with Gasteiger partial charge in [0.25, 0.3) is 0 Å². The molecule has 0 spiro atoms. The predicted octanol–water partition coefficient (Wildman–Crippen LogP) is 5.96. The number of ether oxygens (including phenoxy) is 2. The predicted molar refractivity (Wildman–Crippen MR) is 211 cm³/mol. The van der Waals surface area contributed by atoms with Crippen LogP contribution in [0.25, 0.3) is 0 Å². The van der Waals surface area contributed by atoms with Crippen LogP contribution in [0.2, 0.25) is 0 Å². The van der Waals surface area contributed by atoms with E-state index in [9.17, 15) is 19.2 Å². The summed E-state index contributed by atoms with van der Waals surface area (Å²) in [4.78, 5) is 63.7. The van der Waals surface area contributed by atoms with E-state index >= 15 is 0 Å². The summed E-state index contributed by atoms with van der Waals surface area (Å²) in [6.45, 7) is 17.2. The normalized spacial score (nSPS) is 22.2. The Morgan fingerprint density at radius 1 is 0.868 bits per heavy atom. The highest BCUT2D eigenvalue weighted by Gasteiger charge is 2.43. The van der Waals surface area contributed by atoms with E-state index in [-0.39, 0.29) is 78.1 Å². The number of rotatable bonds is 20. The number of benzene rings is 1. The molecule has 0 aliphatic carbocycles. The van der Waals surface area contributed by atoms with Gasteiger partial charge < -0.3 is 29.1 Å². The number of hydrogen-bond acceptors (Lipinski definition) is 7. The van der Waals surface area contributed by atoms with Crippen molar-refractivity contribution in [1.82, 2.24) is 19.6 Å². The number of likely N-dealkylation sites (N-methyl/N-ethyl adjacent to an activating group) is 2. The summed E-state index contributed by atoms with van der Waals surface area (Å²) >= 11 is 0. The molecule has 3 amide bonds. The minimum Gasteiger partial charge on any atom is -0.379 e. The largest absolute Gasteiger partial charge is 0.379 e. The molecule has 10 heteroatoms. The van der Waals surface area contributed by atoms with Crippen molar-refractivity contribution in [2.45, 2.75) is 130 Å². The molecule has 2 aliphatic heterocycles. The molecule has 0 bridgehead atoms. The highest BCUT2D eigenvalue weighted by atomic mass is 16.5. The quantitative estimate of drug-likeness (QED) is 0.163. The molecule has 1 aromatic carbocycles. The Kier molecular flexibility index (Phi) is 17.9. The highest BCUT2D eigenvalue weighted by Crippen LogP contribution is 2.32. The van der Waals surface area contributed by atoms with Gasteiger partial charge in [-0.05, 0) is 56.6 Å². The molecule has 9 atom stereocenters. The van der Waals surface area contributed by atoms with Crippen LogP contribution in [0.5, 0.6) is 0 Å². The van der Waals surface area contributed by atoms with Crippen LogP contribution < -0.4 is 0 Å². The van der Waals surface area contributed by atoms with Crippen LogP contribution in [0.3, 0.4) is 0 Å². The number of nitrogens with zero attached hydrogens (tertiary/aromatic N) is 4. The first-order valence-electron chi connectivity index (χ1n) is 20.3. The molecule has 2 heterocycles. The maximum atomic E-state index is 14.3. The summed E-state index contributed by atoms with van der Waals surface area (Å²) < 4.78 is 12.1. The third kappa shape index (κ3) is 11.8. The molecule has 2 aliphatic rings. The average molecular weight is 741 g/mol. The van der Waals surface area contributed by atoms with E-state index in [1.165, 1.54) is 5.56 Å². The molecule has 0 N–H and O–H groups in total. The molecular formula is C43H72N4O6. The van der Waals surface area contributed by atoms with Gasteiger partial charge in [-0.15, -0.1) is 0 Å². The Labute approximate surface area is 321 Å². The van der Waals surface area contributed by atoms with Crippen LogP contribution in [-0.2, 0) is 35.1 Å². The Bertz CT molecular complexity index is 1310. The van der Waals surface area contributed by atoms with Crippen LogP contribution in [0.15, 0.2) is 30.3 Å². The first kappa shape index (κ1) is 44.6. The van der Waals surface area contributed by atoms with Gasteiger partial charge in [0.15, 0.2) is 0 Å². The maximum Gasteiger partial charge on any atom is 0.226 e. The summed E-state index contributed by atoms with van der Waals surface area (Å²) in [5.74, 6) is -0.533. The summed E-state index contributed by atoms with van der Waals surface area (Å²) in [6.07, 6.45) is 3.96. The molecule has 0 saturated carbocycles. The SMILES string of the molecule is CC[C@@H](CC(=O)[C@H](C)[C@@H](OC)[C@@H]1CCCN1C(=O)C[C@@H](OC)[C@H]([C@@H](C)CC)N(C)C(=O)[C@@H](CC(=O)N1CCN(C)C[C@@H]1C)C(C)C)Cc1ccccc1. The molecule has 53 heavy (non-hydrogen) atoms. The smallest absolute Gasteiger partial charge is 0.226 e. The van der Waals surface area contributed by atoms with E-state index in [4.69, 9.17) is 9.47 Å². The van der Waals surface area contributed by atoms with Crippen LogP contribution in [-0.4, -0.2) is 128 Å². The Balaban J connectivity index is 1.74. The standard InChI is InChI=1S/C43H72N4O6/c1-12-30(5)41(45(9)43(51)35(29(3)4)26-39(49)46-23-22-44(8)28-31(46)6)38(52-10)27-40(50)47-21-17-20-36(47)42(53-11)32(7)37(48)25-33(13-2)24-34-18-15-14-16-19-34/h14-16,18-19,29-33,35-36,38,41-42H,12-13,17,20-28H2,1-11H3/t30-,31-,32-,33+,35-,36-,38+,41-,42+/m0/s1. The van der Waals surface area contributed by atoms with Crippen LogP contribution in [0, 0.1) is 29.6 Å². The number of Topliss-reactive ketones (excluding diaryl/α,β-unsaturated/α-hetero) is 1.